The number of aromatic nitrogens is 3. The fourth-order valence-corrected chi connectivity index (χ4v) is 3.82. The van der Waals surface area contributed by atoms with Crippen molar-refractivity contribution in [3.8, 4) is 0 Å². The number of nitrogens with zero attached hydrogens (tertiary/aromatic N) is 5. The smallest absolute Gasteiger partial charge is 0.340 e. The molecule has 4 rings (SSSR count). The van der Waals surface area contributed by atoms with Crippen molar-refractivity contribution in [1.82, 2.24) is 24.1 Å². The molecule has 0 radical (unpaired) electrons. The summed E-state index contributed by atoms with van der Waals surface area (Å²) < 4.78 is 3.49. The zero-order valence-electron chi connectivity index (χ0n) is 14.3. The lowest BCUT2D eigenvalue weighted by Gasteiger charge is -2.34. The van der Waals surface area contributed by atoms with Gasteiger partial charge in [-0.15, -0.1) is 0 Å². The quantitative estimate of drug-likeness (QED) is 0.779. The van der Waals surface area contributed by atoms with Crippen molar-refractivity contribution in [2.45, 2.75) is 51.6 Å². The SMILES string of the molecule is O=C(C1CC1)N1CCN(CCCn2nc3n(c2=O)CCCC3)CC1. The van der Waals surface area contributed by atoms with Gasteiger partial charge in [0.2, 0.25) is 5.91 Å². The van der Waals surface area contributed by atoms with E-state index in [0.29, 0.717) is 18.4 Å². The second-order valence-electron chi connectivity index (χ2n) is 7.33. The molecule has 2 fully saturated rings. The van der Waals surface area contributed by atoms with Gasteiger partial charge in [0, 0.05) is 58.2 Å². The molecule has 132 valence electrons. The van der Waals surface area contributed by atoms with Crippen LogP contribution < -0.4 is 5.69 Å². The van der Waals surface area contributed by atoms with Gasteiger partial charge in [-0.25, -0.2) is 9.48 Å². The average molecular weight is 333 g/mol. The number of rotatable bonds is 5. The minimum atomic E-state index is 0.0598. The number of fused-ring (bicyclic) bond motifs is 1. The van der Waals surface area contributed by atoms with Gasteiger partial charge in [0.1, 0.15) is 5.82 Å². The van der Waals surface area contributed by atoms with Gasteiger partial charge in [0.05, 0.1) is 0 Å². The highest BCUT2D eigenvalue weighted by molar-refractivity contribution is 5.81. The van der Waals surface area contributed by atoms with E-state index in [1.165, 1.54) is 0 Å². The maximum Gasteiger partial charge on any atom is 0.345 e. The number of carbonyl (C=O) groups excluding carboxylic acids is 1. The summed E-state index contributed by atoms with van der Waals surface area (Å²) in [6, 6.07) is 0. The number of hydrogen-bond acceptors (Lipinski definition) is 4. The summed E-state index contributed by atoms with van der Waals surface area (Å²) in [5, 5.41) is 4.49. The summed E-state index contributed by atoms with van der Waals surface area (Å²) in [6.45, 7) is 6.10. The molecule has 1 saturated carbocycles. The number of aryl methyl sites for hydroxylation is 2. The van der Waals surface area contributed by atoms with Crippen LogP contribution in [0.2, 0.25) is 0 Å². The molecule has 0 aromatic carbocycles. The van der Waals surface area contributed by atoms with Gasteiger partial charge in [-0.2, -0.15) is 5.10 Å². The van der Waals surface area contributed by atoms with Crippen molar-refractivity contribution in [1.29, 1.82) is 0 Å². The van der Waals surface area contributed by atoms with Gasteiger partial charge in [0.15, 0.2) is 0 Å². The summed E-state index contributed by atoms with van der Waals surface area (Å²) in [4.78, 5) is 28.8. The second kappa shape index (κ2) is 6.70. The highest BCUT2D eigenvalue weighted by Gasteiger charge is 2.34. The number of hydrogen-bond donors (Lipinski definition) is 0. The Morgan fingerprint density at radius 2 is 1.83 bits per heavy atom. The maximum absolute atomic E-state index is 12.3. The Bertz CT molecular complexity index is 652. The van der Waals surface area contributed by atoms with E-state index in [1.54, 1.807) is 4.68 Å². The first kappa shape index (κ1) is 15.9. The van der Waals surface area contributed by atoms with Crippen LogP contribution in [0.5, 0.6) is 0 Å². The molecule has 3 aliphatic rings. The van der Waals surface area contributed by atoms with E-state index in [9.17, 15) is 9.59 Å². The first-order chi connectivity index (χ1) is 11.7. The molecule has 1 amide bonds. The third-order valence-corrected chi connectivity index (χ3v) is 5.49. The summed E-state index contributed by atoms with van der Waals surface area (Å²) in [5.74, 6) is 1.65. The summed E-state index contributed by atoms with van der Waals surface area (Å²) in [5.41, 5.74) is 0.0598. The number of carbonyl (C=O) groups is 1. The van der Waals surface area contributed by atoms with Gasteiger partial charge in [-0.3, -0.25) is 14.3 Å². The van der Waals surface area contributed by atoms with Crippen LogP contribution in [-0.2, 0) is 24.3 Å². The van der Waals surface area contributed by atoms with Crippen molar-refractivity contribution in [2.24, 2.45) is 5.92 Å². The van der Waals surface area contributed by atoms with Gasteiger partial charge < -0.3 is 4.90 Å². The summed E-state index contributed by atoms with van der Waals surface area (Å²) in [7, 11) is 0. The largest absolute Gasteiger partial charge is 0.345 e. The van der Waals surface area contributed by atoms with Crippen LogP contribution in [0.4, 0.5) is 0 Å². The monoisotopic (exact) mass is 333 g/mol. The summed E-state index contributed by atoms with van der Waals surface area (Å²) >= 11 is 0. The molecule has 1 aromatic rings. The lowest BCUT2D eigenvalue weighted by molar-refractivity contribution is -0.134. The van der Waals surface area contributed by atoms with Crippen molar-refractivity contribution in [3.05, 3.63) is 16.3 Å². The van der Waals surface area contributed by atoms with Crippen LogP contribution in [0, 0.1) is 5.92 Å². The Morgan fingerprint density at radius 3 is 2.54 bits per heavy atom. The number of piperazine rings is 1. The second-order valence-corrected chi connectivity index (χ2v) is 7.33. The molecule has 24 heavy (non-hydrogen) atoms. The van der Waals surface area contributed by atoms with E-state index in [4.69, 9.17) is 0 Å². The molecule has 0 unspecified atom stereocenters. The highest BCUT2D eigenvalue weighted by atomic mass is 16.2. The van der Waals surface area contributed by atoms with Crippen LogP contribution in [0.25, 0.3) is 0 Å². The lowest BCUT2D eigenvalue weighted by Crippen LogP contribution is -2.49. The minimum Gasteiger partial charge on any atom is -0.340 e. The first-order valence-corrected chi connectivity index (χ1v) is 9.40. The average Bonchev–Trinajstić information content (AvgIpc) is 3.41. The van der Waals surface area contributed by atoms with Crippen LogP contribution in [0.1, 0.15) is 37.9 Å². The molecular formula is C17H27N5O2. The van der Waals surface area contributed by atoms with E-state index < -0.39 is 0 Å². The van der Waals surface area contributed by atoms with E-state index in [2.05, 4.69) is 10.00 Å². The van der Waals surface area contributed by atoms with Crippen LogP contribution >= 0.6 is 0 Å². The molecule has 2 aliphatic heterocycles. The van der Waals surface area contributed by atoms with E-state index in [0.717, 1.165) is 83.6 Å². The van der Waals surface area contributed by atoms with E-state index >= 15 is 0 Å². The Hall–Kier alpha value is -1.63. The Kier molecular flexibility index (Phi) is 4.43. The fourth-order valence-electron chi connectivity index (χ4n) is 3.82. The molecule has 0 N–H and O–H groups in total. The van der Waals surface area contributed by atoms with Gasteiger partial charge in [0.25, 0.3) is 0 Å². The minimum absolute atomic E-state index is 0.0598. The first-order valence-electron chi connectivity index (χ1n) is 9.40. The zero-order valence-corrected chi connectivity index (χ0v) is 14.3. The Balaban J connectivity index is 1.23. The molecular weight excluding hydrogens is 306 g/mol. The van der Waals surface area contributed by atoms with Gasteiger partial charge >= 0.3 is 5.69 Å². The van der Waals surface area contributed by atoms with Crippen LogP contribution in [0.3, 0.4) is 0 Å². The Labute approximate surface area is 142 Å². The molecule has 7 heteroatoms. The number of amides is 1. The zero-order chi connectivity index (χ0) is 16.5. The molecule has 7 nitrogen and oxygen atoms in total. The molecule has 3 heterocycles. The maximum atomic E-state index is 12.3. The van der Waals surface area contributed by atoms with Crippen molar-refractivity contribution in [3.63, 3.8) is 0 Å². The van der Waals surface area contributed by atoms with Crippen molar-refractivity contribution in [2.75, 3.05) is 32.7 Å². The fraction of sp³-hybridized carbons (Fsp3) is 0.824. The Morgan fingerprint density at radius 1 is 1.04 bits per heavy atom. The predicted molar refractivity (Wildman–Crippen MR) is 89.8 cm³/mol. The topological polar surface area (TPSA) is 63.4 Å². The van der Waals surface area contributed by atoms with E-state index in [-0.39, 0.29) is 5.69 Å². The lowest BCUT2D eigenvalue weighted by atomic mass is 10.2. The molecule has 1 aliphatic carbocycles. The third kappa shape index (κ3) is 3.27. The third-order valence-electron chi connectivity index (χ3n) is 5.49. The van der Waals surface area contributed by atoms with E-state index in [1.807, 2.05) is 9.47 Å². The van der Waals surface area contributed by atoms with Crippen molar-refractivity contribution < 1.29 is 4.79 Å². The molecule has 1 saturated heterocycles. The molecule has 0 spiro atoms. The van der Waals surface area contributed by atoms with Gasteiger partial charge in [-0.05, 0) is 32.1 Å². The highest BCUT2D eigenvalue weighted by Crippen LogP contribution is 2.31. The van der Waals surface area contributed by atoms with Crippen LogP contribution in [-0.4, -0.2) is 62.8 Å². The normalized spacial score (nSPS) is 21.8. The van der Waals surface area contributed by atoms with Gasteiger partial charge in [-0.1, -0.05) is 0 Å². The standard InChI is InChI=1S/C17H27N5O2/c23-16(14-5-6-14)20-12-10-19(11-13-20)7-3-9-22-17(24)21-8-2-1-4-15(21)18-22/h14H,1-13H2. The van der Waals surface area contributed by atoms with Crippen LogP contribution in [0.15, 0.2) is 4.79 Å². The molecule has 0 bridgehead atoms. The van der Waals surface area contributed by atoms with Crippen molar-refractivity contribution >= 4 is 5.91 Å². The molecule has 0 atom stereocenters. The predicted octanol–water partition coefficient (Wildman–Crippen LogP) is 0.325. The molecule has 1 aromatic heterocycles. The summed E-state index contributed by atoms with van der Waals surface area (Å²) in [6.07, 6.45) is 6.26.